The van der Waals surface area contributed by atoms with Crippen LogP contribution in [0.4, 0.5) is 0 Å². The molecule has 1 aliphatic carbocycles. The summed E-state index contributed by atoms with van der Waals surface area (Å²) in [7, 11) is 3.27. The predicted octanol–water partition coefficient (Wildman–Crippen LogP) is 3.87. The summed E-state index contributed by atoms with van der Waals surface area (Å²) in [4.78, 5) is 12.5. The van der Waals surface area contributed by atoms with Crippen LogP contribution in [-0.4, -0.2) is 20.0 Å². The quantitative estimate of drug-likeness (QED) is 0.785. The van der Waals surface area contributed by atoms with Crippen LogP contribution in [-0.2, 0) is 4.79 Å². The molecule has 0 heterocycles. The van der Waals surface area contributed by atoms with Crippen molar-refractivity contribution in [2.75, 3.05) is 14.2 Å². The summed E-state index contributed by atoms with van der Waals surface area (Å²) in [5.41, 5.74) is 1.52. The molecule has 1 aromatic carbocycles. The maximum absolute atomic E-state index is 12.5. The first-order valence-electron chi connectivity index (χ1n) is 6.95. The van der Waals surface area contributed by atoms with Gasteiger partial charge in [0.15, 0.2) is 5.78 Å². The minimum Gasteiger partial charge on any atom is -0.497 e. The highest BCUT2D eigenvalue weighted by Gasteiger charge is 2.33. The van der Waals surface area contributed by atoms with Crippen LogP contribution in [0, 0.1) is 5.41 Å². The number of carbonyl (C=O) groups is 1. The highest BCUT2D eigenvalue weighted by atomic mass is 16.5. The monoisotopic (exact) mass is 274 g/mol. The molecule has 0 unspecified atom stereocenters. The summed E-state index contributed by atoms with van der Waals surface area (Å²) in [5.74, 6) is 1.77. The summed E-state index contributed by atoms with van der Waals surface area (Å²) in [6.07, 6.45) is 4.79. The van der Waals surface area contributed by atoms with Crippen LogP contribution in [0.1, 0.15) is 38.7 Å². The van der Waals surface area contributed by atoms with E-state index in [2.05, 4.69) is 0 Å². The van der Waals surface area contributed by atoms with Gasteiger partial charge in [0.1, 0.15) is 11.5 Å². The Labute approximate surface area is 120 Å². The van der Waals surface area contributed by atoms with E-state index in [9.17, 15) is 4.79 Å². The number of rotatable bonds is 3. The van der Waals surface area contributed by atoms with Crippen molar-refractivity contribution in [3.8, 4) is 11.5 Å². The fourth-order valence-corrected chi connectivity index (χ4v) is 2.66. The predicted molar refractivity (Wildman–Crippen MR) is 80.2 cm³/mol. The van der Waals surface area contributed by atoms with Gasteiger partial charge in [-0.3, -0.25) is 4.79 Å². The maximum Gasteiger partial charge on any atom is 0.164 e. The molecule has 0 radical (unpaired) electrons. The smallest absolute Gasteiger partial charge is 0.164 e. The van der Waals surface area contributed by atoms with Gasteiger partial charge >= 0.3 is 0 Å². The average Bonchev–Trinajstić information content (AvgIpc) is 2.43. The van der Waals surface area contributed by atoms with Crippen molar-refractivity contribution in [1.82, 2.24) is 0 Å². The van der Waals surface area contributed by atoms with Crippen LogP contribution >= 0.6 is 0 Å². The van der Waals surface area contributed by atoms with Crippen LogP contribution in [0.3, 0.4) is 0 Å². The van der Waals surface area contributed by atoms with Gasteiger partial charge in [-0.05, 0) is 49.1 Å². The van der Waals surface area contributed by atoms with Gasteiger partial charge in [0.25, 0.3) is 0 Å². The molecule has 0 aliphatic heterocycles. The molecule has 3 heteroatoms. The van der Waals surface area contributed by atoms with E-state index in [4.69, 9.17) is 9.47 Å². The summed E-state index contributed by atoms with van der Waals surface area (Å²) in [5, 5.41) is 0. The fourth-order valence-electron chi connectivity index (χ4n) is 2.66. The summed E-state index contributed by atoms with van der Waals surface area (Å²) < 4.78 is 10.6. The molecule has 1 fully saturated rings. The number of Topliss-reactive ketones (excluding diaryl/α,β-unsaturated/α-hetero) is 1. The molecule has 0 N–H and O–H groups in total. The number of allylic oxidation sites excluding steroid dienone is 1. The standard InChI is InChI=1S/C17H22O3/c1-17(2)9-5-6-12(16(17)18)10-13-11-14(19-3)7-8-15(13)20-4/h7-8,10-11H,5-6,9H2,1-4H3/b12-10+. The maximum atomic E-state index is 12.5. The van der Waals surface area contributed by atoms with E-state index in [1.807, 2.05) is 38.1 Å². The highest BCUT2D eigenvalue weighted by Crippen LogP contribution is 2.37. The van der Waals surface area contributed by atoms with Crippen LogP contribution < -0.4 is 9.47 Å². The lowest BCUT2D eigenvalue weighted by Crippen LogP contribution is -2.29. The second kappa shape index (κ2) is 5.70. The number of ketones is 1. The zero-order valence-corrected chi connectivity index (χ0v) is 12.7. The van der Waals surface area contributed by atoms with Crippen molar-refractivity contribution in [3.63, 3.8) is 0 Å². The Morgan fingerprint density at radius 3 is 2.60 bits per heavy atom. The molecule has 0 aromatic heterocycles. The molecular formula is C17H22O3. The van der Waals surface area contributed by atoms with Crippen LogP contribution in [0.5, 0.6) is 11.5 Å². The van der Waals surface area contributed by atoms with Crippen molar-refractivity contribution >= 4 is 11.9 Å². The van der Waals surface area contributed by atoms with Gasteiger partial charge < -0.3 is 9.47 Å². The zero-order chi connectivity index (χ0) is 14.8. The van der Waals surface area contributed by atoms with Crippen molar-refractivity contribution < 1.29 is 14.3 Å². The summed E-state index contributed by atoms with van der Waals surface area (Å²) in [6, 6.07) is 5.62. The lowest BCUT2D eigenvalue weighted by atomic mass is 9.73. The third-order valence-electron chi connectivity index (χ3n) is 3.92. The number of methoxy groups -OCH3 is 2. The number of carbonyl (C=O) groups excluding carboxylic acids is 1. The second-order valence-electron chi connectivity index (χ2n) is 5.84. The summed E-state index contributed by atoms with van der Waals surface area (Å²) >= 11 is 0. The number of benzene rings is 1. The molecule has 20 heavy (non-hydrogen) atoms. The molecule has 1 saturated carbocycles. The van der Waals surface area contributed by atoms with Gasteiger partial charge in [-0.1, -0.05) is 13.8 Å². The number of ether oxygens (including phenoxy) is 2. The Kier molecular flexibility index (Phi) is 4.17. The molecule has 1 aliphatic rings. The third kappa shape index (κ3) is 2.87. The van der Waals surface area contributed by atoms with E-state index in [0.29, 0.717) is 0 Å². The van der Waals surface area contributed by atoms with E-state index in [-0.39, 0.29) is 11.2 Å². The fraction of sp³-hybridized carbons (Fsp3) is 0.471. The second-order valence-corrected chi connectivity index (χ2v) is 5.84. The Bertz CT molecular complexity index is 541. The first kappa shape index (κ1) is 14.6. The van der Waals surface area contributed by atoms with E-state index < -0.39 is 0 Å². The largest absolute Gasteiger partial charge is 0.497 e. The molecule has 2 rings (SSSR count). The Morgan fingerprint density at radius 1 is 1.20 bits per heavy atom. The SMILES string of the molecule is COc1ccc(OC)c(/C=C2\CCCC(C)(C)C2=O)c1. The van der Waals surface area contributed by atoms with Gasteiger partial charge in [-0.25, -0.2) is 0 Å². The Morgan fingerprint density at radius 2 is 1.95 bits per heavy atom. The molecule has 0 saturated heterocycles. The molecule has 1 aromatic rings. The molecule has 0 bridgehead atoms. The Balaban J connectivity index is 2.41. The third-order valence-corrected chi connectivity index (χ3v) is 3.92. The highest BCUT2D eigenvalue weighted by molar-refractivity contribution is 6.03. The number of hydrogen-bond acceptors (Lipinski definition) is 3. The van der Waals surface area contributed by atoms with Crippen molar-refractivity contribution in [2.45, 2.75) is 33.1 Å². The van der Waals surface area contributed by atoms with E-state index in [1.165, 1.54) is 0 Å². The minimum absolute atomic E-state index is 0.244. The van der Waals surface area contributed by atoms with E-state index in [1.54, 1.807) is 14.2 Å². The lowest BCUT2D eigenvalue weighted by molar-refractivity contribution is -0.124. The van der Waals surface area contributed by atoms with Gasteiger partial charge in [0.05, 0.1) is 14.2 Å². The molecule has 3 nitrogen and oxygen atoms in total. The minimum atomic E-state index is -0.254. The van der Waals surface area contributed by atoms with Crippen LogP contribution in [0.25, 0.3) is 6.08 Å². The van der Waals surface area contributed by atoms with E-state index in [0.717, 1.165) is 41.9 Å². The molecule has 0 amide bonds. The van der Waals surface area contributed by atoms with Gasteiger partial charge in [-0.15, -0.1) is 0 Å². The normalized spacial score (nSPS) is 20.0. The van der Waals surface area contributed by atoms with Crippen molar-refractivity contribution in [2.24, 2.45) is 5.41 Å². The molecule has 0 atom stereocenters. The van der Waals surface area contributed by atoms with Gasteiger partial charge in [0.2, 0.25) is 0 Å². The summed E-state index contributed by atoms with van der Waals surface area (Å²) in [6.45, 7) is 4.04. The van der Waals surface area contributed by atoms with Gasteiger partial charge in [0, 0.05) is 11.0 Å². The molecular weight excluding hydrogens is 252 g/mol. The zero-order valence-electron chi connectivity index (χ0n) is 12.7. The topological polar surface area (TPSA) is 35.5 Å². The van der Waals surface area contributed by atoms with Crippen molar-refractivity contribution in [1.29, 1.82) is 0 Å². The van der Waals surface area contributed by atoms with Crippen LogP contribution in [0.15, 0.2) is 23.8 Å². The van der Waals surface area contributed by atoms with Gasteiger partial charge in [-0.2, -0.15) is 0 Å². The first-order chi connectivity index (χ1) is 9.47. The van der Waals surface area contributed by atoms with Crippen LogP contribution in [0.2, 0.25) is 0 Å². The lowest BCUT2D eigenvalue weighted by Gasteiger charge is -2.29. The van der Waals surface area contributed by atoms with Crippen molar-refractivity contribution in [3.05, 3.63) is 29.3 Å². The molecule has 0 spiro atoms. The average molecular weight is 274 g/mol. The number of hydrogen-bond donors (Lipinski definition) is 0. The first-order valence-corrected chi connectivity index (χ1v) is 6.95. The Hall–Kier alpha value is -1.77. The van der Waals surface area contributed by atoms with E-state index >= 15 is 0 Å². The molecule has 108 valence electrons.